The number of halogens is 3. The second-order valence-electron chi connectivity index (χ2n) is 6.95. The van der Waals surface area contributed by atoms with E-state index in [-0.39, 0.29) is 12.0 Å². The number of pyridine rings is 1. The van der Waals surface area contributed by atoms with Crippen molar-refractivity contribution in [3.63, 3.8) is 0 Å². The maximum atomic E-state index is 12.5. The number of carbonyl (C=O) groups is 1. The summed E-state index contributed by atoms with van der Waals surface area (Å²) >= 11 is 0. The molecule has 0 atom stereocenters. The van der Waals surface area contributed by atoms with Crippen LogP contribution in [0, 0.1) is 0 Å². The van der Waals surface area contributed by atoms with Crippen LogP contribution < -0.4 is 10.7 Å². The number of aromatic nitrogens is 1. The van der Waals surface area contributed by atoms with E-state index in [0.717, 1.165) is 22.3 Å². The van der Waals surface area contributed by atoms with Gasteiger partial charge in [-0.3, -0.25) is 9.59 Å². The number of alkyl halides is 3. The first-order chi connectivity index (χ1) is 14.8. The van der Waals surface area contributed by atoms with E-state index in [9.17, 15) is 22.8 Å². The topological polar surface area (TPSA) is 51.1 Å². The molecule has 1 amide bonds. The van der Waals surface area contributed by atoms with Crippen LogP contribution in [0.25, 0.3) is 27.7 Å². The van der Waals surface area contributed by atoms with Crippen molar-refractivity contribution in [1.82, 2.24) is 9.88 Å². The lowest BCUT2D eigenvalue weighted by Gasteiger charge is -2.14. The van der Waals surface area contributed by atoms with Crippen LogP contribution in [0.4, 0.5) is 13.2 Å². The Morgan fingerprint density at radius 1 is 0.871 bits per heavy atom. The molecule has 3 aromatic carbocycles. The first kappa shape index (κ1) is 20.4. The Morgan fingerprint density at radius 3 is 2.29 bits per heavy atom. The van der Waals surface area contributed by atoms with Crippen LogP contribution in [-0.4, -0.2) is 16.7 Å². The van der Waals surface area contributed by atoms with Gasteiger partial charge in [-0.15, -0.1) is 0 Å². The van der Waals surface area contributed by atoms with Crippen molar-refractivity contribution >= 4 is 16.8 Å². The molecule has 4 rings (SSSR count). The fourth-order valence-corrected chi connectivity index (χ4v) is 3.46. The van der Waals surface area contributed by atoms with Crippen LogP contribution in [0.5, 0.6) is 0 Å². The maximum absolute atomic E-state index is 12.5. The van der Waals surface area contributed by atoms with E-state index in [0.29, 0.717) is 10.9 Å². The van der Waals surface area contributed by atoms with Gasteiger partial charge >= 0.3 is 12.1 Å². The van der Waals surface area contributed by atoms with Crippen LogP contribution in [0.1, 0.15) is 5.56 Å². The summed E-state index contributed by atoms with van der Waals surface area (Å²) in [6, 6.07) is 23.2. The molecule has 0 aliphatic rings. The quantitative estimate of drug-likeness (QED) is 0.512. The van der Waals surface area contributed by atoms with Crippen molar-refractivity contribution in [3.8, 4) is 16.8 Å². The lowest BCUT2D eigenvalue weighted by Crippen LogP contribution is -2.36. The number of benzene rings is 3. The van der Waals surface area contributed by atoms with Crippen LogP contribution in [-0.2, 0) is 11.3 Å². The van der Waals surface area contributed by atoms with Crippen molar-refractivity contribution in [1.29, 1.82) is 0 Å². The molecule has 1 aromatic heterocycles. The minimum absolute atomic E-state index is 0.0571. The van der Waals surface area contributed by atoms with Gasteiger partial charge in [0.2, 0.25) is 0 Å². The number of rotatable bonds is 4. The van der Waals surface area contributed by atoms with Crippen molar-refractivity contribution in [2.24, 2.45) is 0 Å². The monoisotopic (exact) mass is 422 g/mol. The highest BCUT2D eigenvalue weighted by atomic mass is 19.4. The summed E-state index contributed by atoms with van der Waals surface area (Å²) in [5.74, 6) is -1.97. The Kier molecular flexibility index (Phi) is 5.33. The van der Waals surface area contributed by atoms with Gasteiger partial charge < -0.3 is 9.88 Å². The van der Waals surface area contributed by atoms with Crippen molar-refractivity contribution < 1.29 is 18.0 Å². The smallest absolute Gasteiger partial charge is 0.344 e. The van der Waals surface area contributed by atoms with Gasteiger partial charge in [0.05, 0.1) is 5.52 Å². The molecule has 0 saturated carbocycles. The highest BCUT2D eigenvalue weighted by molar-refractivity contribution is 5.82. The number of amides is 1. The molecule has 0 aliphatic carbocycles. The molecule has 1 heterocycles. The zero-order valence-electron chi connectivity index (χ0n) is 16.2. The Hall–Kier alpha value is -3.87. The van der Waals surface area contributed by atoms with E-state index >= 15 is 0 Å². The predicted molar refractivity (Wildman–Crippen MR) is 113 cm³/mol. The third-order valence-corrected chi connectivity index (χ3v) is 4.97. The number of hydrogen-bond donors (Lipinski definition) is 1. The van der Waals surface area contributed by atoms with Crippen LogP contribution in [0.15, 0.2) is 89.9 Å². The average Bonchev–Trinajstić information content (AvgIpc) is 2.78. The number of fused-ring (bicyclic) bond motifs is 1. The highest BCUT2D eigenvalue weighted by Crippen LogP contribution is 2.26. The van der Waals surface area contributed by atoms with Gasteiger partial charge in [0.1, 0.15) is 0 Å². The zero-order valence-corrected chi connectivity index (χ0v) is 16.2. The molecule has 0 aliphatic heterocycles. The lowest BCUT2D eigenvalue weighted by atomic mass is 9.99. The van der Waals surface area contributed by atoms with Gasteiger partial charge in [0.25, 0.3) is 0 Å². The standard InChI is InChI=1S/C24H17F3N2O2/c25-24(26,27)23(31)28-15-17-5-1-2-6-19(17)16-9-11-18(12-10-16)29-14-13-22(30)20-7-3-4-8-21(20)29/h1-14H,15H2,(H,28,31). The molecular formula is C24H17F3N2O2. The minimum atomic E-state index is -4.92. The van der Waals surface area contributed by atoms with E-state index in [1.807, 2.05) is 52.3 Å². The molecule has 0 bridgehead atoms. The summed E-state index contributed by atoms with van der Waals surface area (Å²) in [6.45, 7) is -0.235. The zero-order chi connectivity index (χ0) is 22.0. The van der Waals surface area contributed by atoms with Gasteiger partial charge in [0, 0.05) is 29.9 Å². The molecule has 156 valence electrons. The molecule has 1 N–H and O–H groups in total. The molecule has 0 saturated heterocycles. The van der Waals surface area contributed by atoms with Gasteiger partial charge in [-0.2, -0.15) is 13.2 Å². The fourth-order valence-electron chi connectivity index (χ4n) is 3.46. The minimum Gasteiger partial charge on any atom is -0.344 e. The number of carbonyl (C=O) groups excluding carboxylic acids is 1. The molecule has 0 fully saturated rings. The third-order valence-electron chi connectivity index (χ3n) is 4.97. The number of nitrogens with one attached hydrogen (secondary N) is 1. The molecule has 4 nitrogen and oxygen atoms in total. The summed E-state index contributed by atoms with van der Waals surface area (Å²) in [7, 11) is 0. The SMILES string of the molecule is O=C(NCc1ccccc1-c1ccc(-n2ccc(=O)c3ccccc32)cc1)C(F)(F)F. The molecule has 0 spiro atoms. The summed E-state index contributed by atoms with van der Waals surface area (Å²) < 4.78 is 39.3. The van der Waals surface area contributed by atoms with Gasteiger partial charge in [0.15, 0.2) is 5.43 Å². The first-order valence-corrected chi connectivity index (χ1v) is 9.49. The predicted octanol–water partition coefficient (Wildman–Crippen LogP) is 4.84. The van der Waals surface area contributed by atoms with E-state index in [1.54, 1.807) is 36.5 Å². The van der Waals surface area contributed by atoms with Gasteiger partial charge in [-0.05, 0) is 41.0 Å². The maximum Gasteiger partial charge on any atom is 0.471 e. The van der Waals surface area contributed by atoms with E-state index in [2.05, 4.69) is 0 Å². The van der Waals surface area contributed by atoms with E-state index in [1.165, 1.54) is 6.07 Å². The molecule has 0 radical (unpaired) electrons. The summed E-state index contributed by atoms with van der Waals surface area (Å²) in [6.07, 6.45) is -3.21. The molecule has 4 aromatic rings. The first-order valence-electron chi connectivity index (χ1n) is 9.49. The van der Waals surface area contributed by atoms with E-state index in [4.69, 9.17) is 0 Å². The molecule has 31 heavy (non-hydrogen) atoms. The normalized spacial score (nSPS) is 11.5. The summed E-state index contributed by atoms with van der Waals surface area (Å²) in [5.41, 5.74) is 3.65. The van der Waals surface area contributed by atoms with E-state index < -0.39 is 12.1 Å². The summed E-state index contributed by atoms with van der Waals surface area (Å²) in [4.78, 5) is 23.3. The summed E-state index contributed by atoms with van der Waals surface area (Å²) in [5, 5.41) is 2.52. The Morgan fingerprint density at radius 2 is 1.55 bits per heavy atom. The van der Waals surface area contributed by atoms with Crippen LogP contribution >= 0.6 is 0 Å². The van der Waals surface area contributed by atoms with Crippen LogP contribution in [0.3, 0.4) is 0 Å². The fraction of sp³-hybridized carbons (Fsp3) is 0.0833. The van der Waals surface area contributed by atoms with Gasteiger partial charge in [-0.1, -0.05) is 48.5 Å². The largest absolute Gasteiger partial charge is 0.471 e. The van der Waals surface area contributed by atoms with Crippen molar-refractivity contribution in [2.45, 2.75) is 12.7 Å². The Labute approximate surface area is 175 Å². The van der Waals surface area contributed by atoms with Crippen molar-refractivity contribution in [2.75, 3.05) is 0 Å². The highest BCUT2D eigenvalue weighted by Gasteiger charge is 2.38. The van der Waals surface area contributed by atoms with Crippen LogP contribution in [0.2, 0.25) is 0 Å². The molecule has 7 heteroatoms. The Balaban J connectivity index is 1.65. The second kappa shape index (κ2) is 8.10. The molecular weight excluding hydrogens is 405 g/mol. The number of para-hydroxylation sites is 1. The number of nitrogens with zero attached hydrogens (tertiary/aromatic N) is 1. The Bertz CT molecular complexity index is 1310. The van der Waals surface area contributed by atoms with Gasteiger partial charge in [-0.25, -0.2) is 0 Å². The molecule has 0 unspecified atom stereocenters. The average molecular weight is 422 g/mol. The third kappa shape index (κ3) is 4.21. The second-order valence-corrected chi connectivity index (χ2v) is 6.95. The van der Waals surface area contributed by atoms with Crippen molar-refractivity contribution in [3.05, 3.63) is 101 Å². The number of hydrogen-bond acceptors (Lipinski definition) is 2. The lowest BCUT2D eigenvalue weighted by molar-refractivity contribution is -0.173.